The minimum Gasteiger partial charge on any atom is -0.350 e. The maximum absolute atomic E-state index is 10.7. The van der Waals surface area contributed by atoms with E-state index in [2.05, 4.69) is 30.5 Å². The molecule has 0 bridgehead atoms. The Bertz CT molecular complexity index is 305. The van der Waals surface area contributed by atoms with Crippen LogP contribution in [-0.2, 0) is 0 Å². The number of hydrazone groups is 1. The molecule has 0 saturated carbocycles. The van der Waals surface area contributed by atoms with Crippen LogP contribution < -0.4 is 11.2 Å². The number of hydrogen-bond donors (Lipinski definition) is 2. The molecular weight excluding hydrogens is 202 g/mol. The molecule has 0 spiro atoms. The number of primary amides is 1. The Morgan fingerprint density at radius 1 is 1.56 bits per heavy atom. The van der Waals surface area contributed by atoms with Gasteiger partial charge in [0, 0.05) is 0 Å². The molecule has 1 aliphatic carbocycles. The number of allylic oxidation sites excluding steroid dienone is 2. The van der Waals surface area contributed by atoms with Crippen LogP contribution in [0.1, 0.15) is 46.0 Å². The largest absolute Gasteiger partial charge is 0.350 e. The van der Waals surface area contributed by atoms with Crippen LogP contribution in [0.25, 0.3) is 0 Å². The second-order valence-corrected chi connectivity index (χ2v) is 4.61. The SMILES string of the molecule is CC(C)CC(=NNC(N)=O)C1=CCCCC1. The topological polar surface area (TPSA) is 67.5 Å². The van der Waals surface area contributed by atoms with Gasteiger partial charge in [0.1, 0.15) is 0 Å². The highest BCUT2D eigenvalue weighted by Gasteiger charge is 2.12. The van der Waals surface area contributed by atoms with Crippen LogP contribution in [-0.4, -0.2) is 11.7 Å². The van der Waals surface area contributed by atoms with Gasteiger partial charge in [0.25, 0.3) is 0 Å². The van der Waals surface area contributed by atoms with Crippen LogP contribution in [0.3, 0.4) is 0 Å². The average molecular weight is 223 g/mol. The zero-order valence-electron chi connectivity index (χ0n) is 10.1. The van der Waals surface area contributed by atoms with E-state index in [0.717, 1.165) is 25.0 Å². The highest BCUT2D eigenvalue weighted by Crippen LogP contribution is 2.21. The molecule has 0 saturated heterocycles. The van der Waals surface area contributed by atoms with E-state index in [9.17, 15) is 4.79 Å². The number of carbonyl (C=O) groups excluding carboxylic acids is 1. The molecule has 16 heavy (non-hydrogen) atoms. The van der Waals surface area contributed by atoms with Crippen molar-refractivity contribution in [3.63, 3.8) is 0 Å². The van der Waals surface area contributed by atoms with Gasteiger partial charge in [-0.1, -0.05) is 19.9 Å². The second kappa shape index (κ2) is 6.30. The molecule has 3 N–H and O–H groups in total. The molecular formula is C12H21N3O. The van der Waals surface area contributed by atoms with Gasteiger partial charge in [0.15, 0.2) is 0 Å². The molecule has 0 aromatic carbocycles. The first-order chi connectivity index (χ1) is 7.59. The van der Waals surface area contributed by atoms with Crippen molar-refractivity contribution in [3.05, 3.63) is 11.6 Å². The van der Waals surface area contributed by atoms with E-state index in [-0.39, 0.29) is 0 Å². The summed E-state index contributed by atoms with van der Waals surface area (Å²) in [5, 5.41) is 4.11. The van der Waals surface area contributed by atoms with Gasteiger partial charge in [-0.05, 0) is 43.6 Å². The van der Waals surface area contributed by atoms with Crippen LogP contribution in [0, 0.1) is 5.92 Å². The third-order valence-corrected chi connectivity index (χ3v) is 2.56. The Labute approximate surface area is 97.0 Å². The van der Waals surface area contributed by atoms with Gasteiger partial charge in [0.05, 0.1) is 5.71 Å². The Morgan fingerprint density at radius 3 is 2.81 bits per heavy atom. The molecule has 4 heteroatoms. The van der Waals surface area contributed by atoms with E-state index in [4.69, 9.17) is 5.73 Å². The van der Waals surface area contributed by atoms with Gasteiger partial charge in [-0.3, -0.25) is 0 Å². The van der Waals surface area contributed by atoms with E-state index < -0.39 is 6.03 Å². The van der Waals surface area contributed by atoms with Crippen molar-refractivity contribution in [2.75, 3.05) is 0 Å². The number of rotatable bonds is 4. The molecule has 1 rings (SSSR count). The summed E-state index contributed by atoms with van der Waals surface area (Å²) < 4.78 is 0. The number of nitrogens with one attached hydrogen (secondary N) is 1. The molecule has 0 aromatic rings. The number of amides is 2. The van der Waals surface area contributed by atoms with Gasteiger partial charge < -0.3 is 5.73 Å². The molecule has 2 amide bonds. The van der Waals surface area contributed by atoms with Crippen molar-refractivity contribution in [3.8, 4) is 0 Å². The molecule has 0 aromatic heterocycles. The summed E-state index contributed by atoms with van der Waals surface area (Å²) in [6, 6.07) is -0.599. The Morgan fingerprint density at radius 2 is 2.31 bits per heavy atom. The first-order valence-electron chi connectivity index (χ1n) is 5.91. The van der Waals surface area contributed by atoms with Crippen molar-refractivity contribution < 1.29 is 4.79 Å². The van der Waals surface area contributed by atoms with Crippen LogP contribution in [0.5, 0.6) is 0 Å². The maximum Gasteiger partial charge on any atom is 0.332 e. The Balaban J connectivity index is 2.73. The summed E-state index contributed by atoms with van der Waals surface area (Å²) in [5.41, 5.74) is 9.61. The standard InChI is InChI=1S/C12H21N3O/c1-9(2)8-11(14-15-12(13)16)10-6-4-3-5-7-10/h6,9H,3-5,7-8H2,1-2H3,(H3,13,15,16). The molecule has 0 fully saturated rings. The minimum atomic E-state index is -0.599. The fourth-order valence-corrected chi connectivity index (χ4v) is 1.86. The van der Waals surface area contributed by atoms with Crippen LogP contribution in [0.4, 0.5) is 4.79 Å². The summed E-state index contributed by atoms with van der Waals surface area (Å²) in [7, 11) is 0. The van der Waals surface area contributed by atoms with Gasteiger partial charge in [-0.15, -0.1) is 0 Å². The first-order valence-corrected chi connectivity index (χ1v) is 5.91. The maximum atomic E-state index is 10.7. The van der Waals surface area contributed by atoms with Crippen LogP contribution in [0.15, 0.2) is 16.8 Å². The van der Waals surface area contributed by atoms with E-state index >= 15 is 0 Å². The van der Waals surface area contributed by atoms with Crippen LogP contribution in [0.2, 0.25) is 0 Å². The predicted octanol–water partition coefficient (Wildman–Crippen LogP) is 2.56. The molecule has 0 unspecified atom stereocenters. The van der Waals surface area contributed by atoms with E-state index in [1.807, 2.05) is 0 Å². The van der Waals surface area contributed by atoms with Gasteiger partial charge >= 0.3 is 6.03 Å². The molecule has 0 radical (unpaired) electrons. The molecule has 1 aliphatic rings. The van der Waals surface area contributed by atoms with Crippen molar-refractivity contribution in [2.45, 2.75) is 46.0 Å². The fourth-order valence-electron chi connectivity index (χ4n) is 1.86. The normalized spacial score (nSPS) is 17.2. The molecule has 0 heterocycles. The summed E-state index contributed by atoms with van der Waals surface area (Å²) in [6.45, 7) is 4.28. The quantitative estimate of drug-likeness (QED) is 0.558. The van der Waals surface area contributed by atoms with Crippen molar-refractivity contribution >= 4 is 11.7 Å². The number of hydrogen-bond acceptors (Lipinski definition) is 2. The molecule has 90 valence electrons. The monoisotopic (exact) mass is 223 g/mol. The lowest BCUT2D eigenvalue weighted by Gasteiger charge is -2.16. The Kier molecular flexibility index (Phi) is 5.02. The number of urea groups is 1. The van der Waals surface area contributed by atoms with Crippen molar-refractivity contribution in [1.82, 2.24) is 5.43 Å². The summed E-state index contributed by atoms with van der Waals surface area (Å²) >= 11 is 0. The second-order valence-electron chi connectivity index (χ2n) is 4.61. The molecule has 0 atom stereocenters. The lowest BCUT2D eigenvalue weighted by molar-refractivity contribution is 0.249. The third kappa shape index (κ3) is 4.47. The summed E-state index contributed by atoms with van der Waals surface area (Å²) in [4.78, 5) is 10.7. The first kappa shape index (κ1) is 12.7. The fraction of sp³-hybridized carbons (Fsp3) is 0.667. The van der Waals surface area contributed by atoms with E-state index in [1.54, 1.807) is 0 Å². The highest BCUT2D eigenvalue weighted by atomic mass is 16.2. The number of nitrogens with two attached hydrogens (primary N) is 1. The van der Waals surface area contributed by atoms with Gasteiger partial charge in [-0.2, -0.15) is 5.10 Å². The molecule has 4 nitrogen and oxygen atoms in total. The predicted molar refractivity (Wildman–Crippen MR) is 66.2 cm³/mol. The van der Waals surface area contributed by atoms with E-state index in [1.165, 1.54) is 18.4 Å². The minimum absolute atomic E-state index is 0.524. The summed E-state index contributed by atoms with van der Waals surface area (Å²) in [6.07, 6.45) is 7.75. The van der Waals surface area contributed by atoms with Crippen molar-refractivity contribution in [1.29, 1.82) is 0 Å². The Hall–Kier alpha value is -1.32. The summed E-state index contributed by atoms with van der Waals surface area (Å²) in [5.74, 6) is 0.524. The van der Waals surface area contributed by atoms with E-state index in [0.29, 0.717) is 5.92 Å². The third-order valence-electron chi connectivity index (χ3n) is 2.56. The van der Waals surface area contributed by atoms with Crippen molar-refractivity contribution in [2.24, 2.45) is 16.8 Å². The van der Waals surface area contributed by atoms with Gasteiger partial charge in [0.2, 0.25) is 0 Å². The number of carbonyl (C=O) groups is 1. The number of nitrogens with zero attached hydrogens (tertiary/aromatic N) is 1. The van der Waals surface area contributed by atoms with Gasteiger partial charge in [-0.25, -0.2) is 10.2 Å². The lowest BCUT2D eigenvalue weighted by atomic mass is 9.92. The zero-order chi connectivity index (χ0) is 12.0. The van der Waals surface area contributed by atoms with Crippen LogP contribution >= 0.6 is 0 Å². The highest BCUT2D eigenvalue weighted by molar-refractivity contribution is 6.00. The average Bonchev–Trinajstić information content (AvgIpc) is 2.25. The molecule has 0 aliphatic heterocycles. The zero-order valence-corrected chi connectivity index (χ0v) is 10.1. The lowest BCUT2D eigenvalue weighted by Crippen LogP contribution is -2.26. The smallest absolute Gasteiger partial charge is 0.332 e.